The maximum atomic E-state index is 13.7. The van der Waals surface area contributed by atoms with Gasteiger partial charge in [0.2, 0.25) is 0 Å². The van der Waals surface area contributed by atoms with Crippen LogP contribution >= 0.6 is 0 Å². The molecule has 2 aromatic rings. The van der Waals surface area contributed by atoms with E-state index in [0.29, 0.717) is 6.42 Å². The molecule has 1 heterocycles. The van der Waals surface area contributed by atoms with E-state index in [0.717, 1.165) is 12.1 Å². The van der Waals surface area contributed by atoms with Crippen LogP contribution in [-0.2, 0) is 4.79 Å². The number of hydrogen-bond acceptors (Lipinski definition) is 3. The summed E-state index contributed by atoms with van der Waals surface area (Å²) in [7, 11) is 0. The number of benzene rings is 1. The number of pyridine rings is 1. The van der Waals surface area contributed by atoms with Crippen molar-refractivity contribution in [2.45, 2.75) is 26.3 Å². The second-order valence-electron chi connectivity index (χ2n) is 5.31. The smallest absolute Gasteiger partial charge is 0.326 e. The van der Waals surface area contributed by atoms with Gasteiger partial charge in [0.05, 0.1) is 0 Å². The van der Waals surface area contributed by atoms with Crippen LogP contribution in [0.3, 0.4) is 0 Å². The van der Waals surface area contributed by atoms with Gasteiger partial charge in [0, 0.05) is 23.0 Å². The molecule has 6 heteroatoms. The van der Waals surface area contributed by atoms with Crippen molar-refractivity contribution >= 4 is 22.6 Å². The Bertz CT molecular complexity index is 674. The highest BCUT2D eigenvalue weighted by Gasteiger charge is 2.20. The summed E-state index contributed by atoms with van der Waals surface area (Å²) in [5.74, 6) is -2.14. The summed E-state index contributed by atoms with van der Waals surface area (Å²) in [5.41, 5.74) is 0. The quantitative estimate of drug-likeness (QED) is 0.887. The number of nitrogens with one attached hydrogen (secondary N) is 1. The fourth-order valence-electron chi connectivity index (χ4n) is 2.18. The van der Waals surface area contributed by atoms with E-state index in [9.17, 15) is 18.7 Å². The van der Waals surface area contributed by atoms with Crippen LogP contribution in [0.4, 0.5) is 14.6 Å². The zero-order valence-electron chi connectivity index (χ0n) is 11.7. The van der Waals surface area contributed by atoms with E-state index in [-0.39, 0.29) is 22.5 Å². The number of hydrogen-bond donors (Lipinski definition) is 2. The Morgan fingerprint density at radius 1 is 1.33 bits per heavy atom. The largest absolute Gasteiger partial charge is 0.480 e. The molecule has 1 aromatic carbocycles. The lowest BCUT2D eigenvalue weighted by Gasteiger charge is -2.18. The minimum absolute atomic E-state index is 0.155. The van der Waals surface area contributed by atoms with Gasteiger partial charge in [-0.3, -0.25) is 0 Å². The number of nitrogens with zero attached hydrogens (tertiary/aromatic N) is 1. The van der Waals surface area contributed by atoms with Crippen LogP contribution in [0, 0.1) is 17.6 Å². The first-order valence-electron chi connectivity index (χ1n) is 6.61. The zero-order valence-corrected chi connectivity index (χ0v) is 11.7. The Balaban J connectivity index is 2.44. The molecule has 0 aliphatic rings. The molecule has 0 saturated carbocycles. The Morgan fingerprint density at radius 2 is 2.05 bits per heavy atom. The molecule has 21 heavy (non-hydrogen) atoms. The van der Waals surface area contributed by atoms with Gasteiger partial charge >= 0.3 is 5.97 Å². The first-order chi connectivity index (χ1) is 9.88. The minimum atomic E-state index is -1.03. The molecule has 2 rings (SSSR count). The standard InChI is InChI=1S/C15H16F2N2O2/c1-8(2)5-13(15(20)21)19-14-11-6-9(16)7-12(17)10(11)3-4-18-14/h3-4,6-8,13H,5H2,1-2H3,(H,18,19)(H,20,21). The number of anilines is 1. The van der Waals surface area contributed by atoms with Crippen molar-refractivity contribution in [2.75, 3.05) is 5.32 Å². The minimum Gasteiger partial charge on any atom is -0.480 e. The number of carboxylic acids is 1. The summed E-state index contributed by atoms with van der Waals surface area (Å²) in [6.45, 7) is 3.79. The molecule has 0 spiro atoms. The molecular formula is C15H16F2N2O2. The topological polar surface area (TPSA) is 62.2 Å². The molecule has 0 fully saturated rings. The van der Waals surface area contributed by atoms with Crippen molar-refractivity contribution < 1.29 is 18.7 Å². The lowest BCUT2D eigenvalue weighted by molar-refractivity contribution is -0.138. The molecule has 0 saturated heterocycles. The monoisotopic (exact) mass is 294 g/mol. The summed E-state index contributed by atoms with van der Waals surface area (Å²) >= 11 is 0. The van der Waals surface area contributed by atoms with Gasteiger partial charge in [-0.2, -0.15) is 0 Å². The first kappa shape index (κ1) is 15.2. The average Bonchev–Trinajstić information content (AvgIpc) is 2.38. The van der Waals surface area contributed by atoms with Gasteiger partial charge in [0.15, 0.2) is 0 Å². The fraction of sp³-hybridized carbons (Fsp3) is 0.333. The van der Waals surface area contributed by atoms with Crippen LogP contribution in [0.1, 0.15) is 20.3 Å². The van der Waals surface area contributed by atoms with Gasteiger partial charge in [-0.05, 0) is 24.5 Å². The Labute approximate surface area is 120 Å². The summed E-state index contributed by atoms with van der Waals surface area (Å²) < 4.78 is 27.1. The number of aromatic nitrogens is 1. The molecule has 4 nitrogen and oxygen atoms in total. The van der Waals surface area contributed by atoms with Crippen molar-refractivity contribution in [3.8, 4) is 0 Å². The molecule has 1 unspecified atom stereocenters. The molecule has 1 aromatic heterocycles. The Kier molecular flexibility index (Phi) is 4.35. The van der Waals surface area contributed by atoms with Crippen molar-refractivity contribution in [1.82, 2.24) is 4.98 Å². The van der Waals surface area contributed by atoms with E-state index < -0.39 is 23.6 Å². The number of halogens is 2. The molecule has 0 aliphatic heterocycles. The maximum Gasteiger partial charge on any atom is 0.326 e. The summed E-state index contributed by atoms with van der Waals surface area (Å²) in [5, 5.41) is 12.4. The average molecular weight is 294 g/mol. The second-order valence-corrected chi connectivity index (χ2v) is 5.31. The van der Waals surface area contributed by atoms with Crippen LogP contribution < -0.4 is 5.32 Å². The van der Waals surface area contributed by atoms with Crippen LogP contribution in [-0.4, -0.2) is 22.1 Å². The molecule has 112 valence electrons. The van der Waals surface area contributed by atoms with E-state index >= 15 is 0 Å². The van der Waals surface area contributed by atoms with E-state index in [1.54, 1.807) is 0 Å². The van der Waals surface area contributed by atoms with Gasteiger partial charge in [-0.25, -0.2) is 18.6 Å². The van der Waals surface area contributed by atoms with Crippen LogP contribution in [0.25, 0.3) is 10.8 Å². The SMILES string of the molecule is CC(C)CC(Nc1nccc2c(F)cc(F)cc12)C(=O)O. The van der Waals surface area contributed by atoms with Gasteiger partial charge < -0.3 is 10.4 Å². The number of aliphatic carboxylic acids is 1. The van der Waals surface area contributed by atoms with Crippen molar-refractivity contribution in [3.05, 3.63) is 36.0 Å². The van der Waals surface area contributed by atoms with Gasteiger partial charge in [0.25, 0.3) is 0 Å². The van der Waals surface area contributed by atoms with Gasteiger partial charge in [-0.15, -0.1) is 0 Å². The first-order valence-corrected chi connectivity index (χ1v) is 6.61. The Morgan fingerprint density at radius 3 is 2.67 bits per heavy atom. The zero-order chi connectivity index (χ0) is 15.6. The normalized spacial score (nSPS) is 12.6. The summed E-state index contributed by atoms with van der Waals surface area (Å²) in [6.07, 6.45) is 1.74. The van der Waals surface area contributed by atoms with E-state index in [2.05, 4.69) is 10.3 Å². The van der Waals surface area contributed by atoms with Gasteiger partial charge in [-0.1, -0.05) is 13.8 Å². The Hall–Kier alpha value is -2.24. The number of rotatable bonds is 5. The number of fused-ring (bicyclic) bond motifs is 1. The fourth-order valence-corrected chi connectivity index (χ4v) is 2.18. The lowest BCUT2D eigenvalue weighted by atomic mass is 10.0. The molecule has 0 aliphatic carbocycles. The van der Waals surface area contributed by atoms with Crippen LogP contribution in [0.5, 0.6) is 0 Å². The van der Waals surface area contributed by atoms with Crippen molar-refractivity contribution in [2.24, 2.45) is 5.92 Å². The second kappa shape index (κ2) is 6.03. The summed E-state index contributed by atoms with van der Waals surface area (Å²) in [6, 6.07) is 2.49. The van der Waals surface area contributed by atoms with E-state index in [4.69, 9.17) is 0 Å². The lowest BCUT2D eigenvalue weighted by Crippen LogP contribution is -2.31. The predicted molar refractivity (Wildman–Crippen MR) is 76.2 cm³/mol. The molecule has 0 amide bonds. The highest BCUT2D eigenvalue weighted by molar-refractivity contribution is 5.93. The van der Waals surface area contributed by atoms with Gasteiger partial charge in [0.1, 0.15) is 23.5 Å². The predicted octanol–water partition coefficient (Wildman–Crippen LogP) is 3.42. The van der Waals surface area contributed by atoms with Crippen LogP contribution in [0.2, 0.25) is 0 Å². The number of carbonyl (C=O) groups is 1. The highest BCUT2D eigenvalue weighted by Crippen LogP contribution is 2.26. The summed E-state index contributed by atoms with van der Waals surface area (Å²) in [4.78, 5) is 15.3. The third-order valence-corrected chi connectivity index (χ3v) is 3.11. The van der Waals surface area contributed by atoms with E-state index in [1.165, 1.54) is 12.3 Å². The third-order valence-electron chi connectivity index (χ3n) is 3.11. The van der Waals surface area contributed by atoms with Crippen molar-refractivity contribution in [1.29, 1.82) is 0 Å². The molecule has 1 atom stereocenters. The number of carboxylic acid groups (broad SMARTS) is 1. The molecule has 0 bridgehead atoms. The molecular weight excluding hydrogens is 278 g/mol. The van der Waals surface area contributed by atoms with Crippen molar-refractivity contribution in [3.63, 3.8) is 0 Å². The molecule has 0 radical (unpaired) electrons. The van der Waals surface area contributed by atoms with Crippen LogP contribution in [0.15, 0.2) is 24.4 Å². The maximum absolute atomic E-state index is 13.7. The highest BCUT2D eigenvalue weighted by atomic mass is 19.1. The molecule has 2 N–H and O–H groups in total. The van der Waals surface area contributed by atoms with E-state index in [1.807, 2.05) is 13.8 Å². The third kappa shape index (κ3) is 3.45.